The Labute approximate surface area is 133 Å². The molecule has 0 aliphatic rings. The van der Waals surface area contributed by atoms with Crippen molar-refractivity contribution >= 4 is 22.6 Å². The van der Waals surface area contributed by atoms with E-state index >= 15 is 0 Å². The topological polar surface area (TPSA) is 13.1 Å². The highest BCUT2D eigenvalue weighted by atomic mass is 35.5. The van der Waals surface area contributed by atoms with E-state index in [0.717, 1.165) is 33.4 Å². The van der Waals surface area contributed by atoms with Crippen molar-refractivity contribution < 1.29 is 4.42 Å². The largest absolute Gasteiger partial charge is 0.454 e. The van der Waals surface area contributed by atoms with Gasteiger partial charge in [-0.15, -0.1) is 0 Å². The van der Waals surface area contributed by atoms with Crippen molar-refractivity contribution in [1.29, 1.82) is 0 Å². The average Bonchev–Trinajstić information content (AvgIpc) is 2.97. The number of rotatable bonds is 2. The van der Waals surface area contributed by atoms with Gasteiger partial charge in [0, 0.05) is 16.5 Å². The summed E-state index contributed by atoms with van der Waals surface area (Å²) < 4.78 is 6.14. The minimum absolute atomic E-state index is 0.636. The molecule has 0 saturated heterocycles. The van der Waals surface area contributed by atoms with Crippen LogP contribution in [0.25, 0.3) is 33.4 Å². The van der Waals surface area contributed by atoms with Crippen molar-refractivity contribution in [2.75, 3.05) is 0 Å². The lowest BCUT2D eigenvalue weighted by molar-refractivity contribution is 0.632. The maximum absolute atomic E-state index is 6.32. The summed E-state index contributed by atoms with van der Waals surface area (Å²) in [6, 6.07) is 26.3. The van der Waals surface area contributed by atoms with Crippen LogP contribution in [0.5, 0.6) is 0 Å². The van der Waals surface area contributed by atoms with Crippen LogP contribution in [0, 0.1) is 0 Å². The van der Waals surface area contributed by atoms with Gasteiger partial charge >= 0.3 is 0 Å². The van der Waals surface area contributed by atoms with Crippen molar-refractivity contribution in [2.45, 2.75) is 0 Å². The van der Waals surface area contributed by atoms with Crippen LogP contribution in [0.3, 0.4) is 0 Å². The molecule has 0 spiro atoms. The van der Waals surface area contributed by atoms with E-state index in [0.29, 0.717) is 5.02 Å². The first-order valence-electron chi connectivity index (χ1n) is 7.16. The molecule has 1 heterocycles. The van der Waals surface area contributed by atoms with E-state index in [1.807, 2.05) is 48.5 Å². The molecule has 0 fully saturated rings. The molecule has 0 aliphatic heterocycles. The van der Waals surface area contributed by atoms with Gasteiger partial charge < -0.3 is 4.42 Å². The Morgan fingerprint density at radius 2 is 1.27 bits per heavy atom. The molecular formula is C20H13ClO. The van der Waals surface area contributed by atoms with Crippen LogP contribution in [0.15, 0.2) is 83.3 Å². The van der Waals surface area contributed by atoms with E-state index in [1.165, 1.54) is 0 Å². The molecular weight excluding hydrogens is 292 g/mol. The fourth-order valence-corrected chi connectivity index (χ4v) is 2.98. The molecule has 2 heteroatoms. The molecule has 0 aliphatic carbocycles. The molecule has 0 atom stereocenters. The highest BCUT2D eigenvalue weighted by molar-refractivity contribution is 6.35. The lowest BCUT2D eigenvalue weighted by Crippen LogP contribution is -1.80. The predicted molar refractivity (Wildman–Crippen MR) is 92.1 cm³/mol. The lowest BCUT2D eigenvalue weighted by atomic mass is 9.99. The summed E-state index contributed by atoms with van der Waals surface area (Å²) in [5.74, 6) is 0.856. The normalized spacial score (nSPS) is 11.0. The zero-order chi connectivity index (χ0) is 14.9. The molecule has 0 radical (unpaired) electrons. The second-order valence-electron chi connectivity index (χ2n) is 5.15. The van der Waals surface area contributed by atoms with Crippen molar-refractivity contribution in [3.8, 4) is 22.5 Å². The first-order valence-corrected chi connectivity index (χ1v) is 7.54. The molecule has 1 aromatic heterocycles. The van der Waals surface area contributed by atoms with Gasteiger partial charge in [-0.05, 0) is 11.6 Å². The molecule has 0 amide bonds. The fourth-order valence-electron chi connectivity index (χ4n) is 2.77. The van der Waals surface area contributed by atoms with Gasteiger partial charge in [-0.1, -0.05) is 84.4 Å². The summed E-state index contributed by atoms with van der Waals surface area (Å²) in [6.45, 7) is 0. The van der Waals surface area contributed by atoms with Gasteiger partial charge in [-0.2, -0.15) is 0 Å². The average molecular weight is 305 g/mol. The van der Waals surface area contributed by atoms with Gasteiger partial charge in [0.2, 0.25) is 0 Å². The Kier molecular flexibility index (Phi) is 3.21. The van der Waals surface area contributed by atoms with Gasteiger partial charge in [-0.25, -0.2) is 0 Å². The van der Waals surface area contributed by atoms with Crippen LogP contribution in [0.4, 0.5) is 0 Å². The second-order valence-corrected chi connectivity index (χ2v) is 5.56. The van der Waals surface area contributed by atoms with E-state index < -0.39 is 0 Å². The minimum Gasteiger partial charge on any atom is -0.454 e. The maximum atomic E-state index is 6.32. The highest BCUT2D eigenvalue weighted by Gasteiger charge is 2.18. The summed E-state index contributed by atoms with van der Waals surface area (Å²) in [4.78, 5) is 0. The SMILES string of the molecule is Clc1cccc2c(-c3ccccc3)c(-c3ccccc3)oc12. The van der Waals surface area contributed by atoms with Crippen LogP contribution in [0.1, 0.15) is 0 Å². The smallest absolute Gasteiger partial charge is 0.154 e. The zero-order valence-corrected chi connectivity index (χ0v) is 12.5. The number of halogens is 1. The summed E-state index contributed by atoms with van der Waals surface area (Å²) in [5, 5.41) is 1.68. The Morgan fingerprint density at radius 3 is 1.95 bits per heavy atom. The summed E-state index contributed by atoms with van der Waals surface area (Å²) in [5.41, 5.74) is 4.00. The van der Waals surface area contributed by atoms with Crippen molar-refractivity contribution in [3.05, 3.63) is 83.9 Å². The van der Waals surface area contributed by atoms with Crippen molar-refractivity contribution in [2.24, 2.45) is 0 Å². The number of benzene rings is 3. The van der Waals surface area contributed by atoms with Crippen LogP contribution < -0.4 is 0 Å². The minimum atomic E-state index is 0.636. The third-order valence-electron chi connectivity index (χ3n) is 3.77. The number of fused-ring (bicyclic) bond motifs is 1. The van der Waals surface area contributed by atoms with Gasteiger partial charge in [0.15, 0.2) is 5.58 Å². The third kappa shape index (κ3) is 2.11. The standard InChI is InChI=1S/C20H13ClO/c21-17-13-7-12-16-18(14-8-3-1-4-9-14)19(22-20(16)17)15-10-5-2-6-11-15/h1-13H. The molecule has 0 bridgehead atoms. The summed E-state index contributed by atoms with van der Waals surface area (Å²) in [6.07, 6.45) is 0. The van der Waals surface area contributed by atoms with E-state index in [-0.39, 0.29) is 0 Å². The Hall–Kier alpha value is -2.51. The van der Waals surface area contributed by atoms with Crippen LogP contribution >= 0.6 is 11.6 Å². The summed E-state index contributed by atoms with van der Waals surface area (Å²) >= 11 is 6.32. The molecule has 106 valence electrons. The van der Waals surface area contributed by atoms with Gasteiger partial charge in [0.25, 0.3) is 0 Å². The molecule has 0 unspecified atom stereocenters. The first-order chi connectivity index (χ1) is 10.8. The second kappa shape index (κ2) is 5.36. The van der Waals surface area contributed by atoms with E-state index in [9.17, 15) is 0 Å². The van der Waals surface area contributed by atoms with Crippen molar-refractivity contribution in [3.63, 3.8) is 0 Å². The molecule has 4 aromatic rings. The molecule has 22 heavy (non-hydrogen) atoms. The van der Waals surface area contributed by atoms with Gasteiger partial charge in [0.1, 0.15) is 5.76 Å². The third-order valence-corrected chi connectivity index (χ3v) is 4.06. The summed E-state index contributed by atoms with van der Waals surface area (Å²) in [7, 11) is 0. The van der Waals surface area contributed by atoms with Crippen LogP contribution in [-0.2, 0) is 0 Å². The monoisotopic (exact) mass is 304 g/mol. The van der Waals surface area contributed by atoms with E-state index in [1.54, 1.807) is 0 Å². The molecule has 0 N–H and O–H groups in total. The van der Waals surface area contributed by atoms with E-state index in [4.69, 9.17) is 16.0 Å². The maximum Gasteiger partial charge on any atom is 0.154 e. The Bertz CT molecular complexity index is 924. The quantitative estimate of drug-likeness (QED) is 0.416. The molecule has 3 aromatic carbocycles. The fraction of sp³-hybridized carbons (Fsp3) is 0. The van der Waals surface area contributed by atoms with E-state index in [2.05, 4.69) is 30.3 Å². The van der Waals surface area contributed by atoms with Gasteiger partial charge in [-0.3, -0.25) is 0 Å². The molecule has 1 nitrogen and oxygen atoms in total. The molecule has 4 rings (SSSR count). The number of para-hydroxylation sites is 1. The number of hydrogen-bond donors (Lipinski definition) is 0. The lowest BCUT2D eigenvalue weighted by Gasteiger charge is -2.03. The Morgan fingerprint density at radius 1 is 0.636 bits per heavy atom. The predicted octanol–water partition coefficient (Wildman–Crippen LogP) is 6.42. The number of hydrogen-bond acceptors (Lipinski definition) is 1. The van der Waals surface area contributed by atoms with Crippen LogP contribution in [-0.4, -0.2) is 0 Å². The zero-order valence-electron chi connectivity index (χ0n) is 11.8. The highest BCUT2D eigenvalue weighted by Crippen LogP contribution is 2.42. The number of furan rings is 1. The van der Waals surface area contributed by atoms with Crippen LogP contribution in [0.2, 0.25) is 5.02 Å². The van der Waals surface area contributed by atoms with Gasteiger partial charge in [0.05, 0.1) is 5.02 Å². The van der Waals surface area contributed by atoms with Crippen molar-refractivity contribution in [1.82, 2.24) is 0 Å². The first kappa shape index (κ1) is 13.2. The molecule has 0 saturated carbocycles. The Balaban J connectivity index is 2.10.